The van der Waals surface area contributed by atoms with Gasteiger partial charge in [-0.05, 0) is 31.9 Å². The zero-order valence-electron chi connectivity index (χ0n) is 10.2. The SMILES string of the molecule is CCn1c(C2(N)CC2)nc2cc(OC)ccc21. The molecule has 0 saturated heterocycles. The van der Waals surface area contributed by atoms with Crippen LogP contribution < -0.4 is 10.5 Å². The van der Waals surface area contributed by atoms with Crippen molar-refractivity contribution in [2.24, 2.45) is 5.73 Å². The topological polar surface area (TPSA) is 53.1 Å². The first kappa shape index (κ1) is 10.6. The molecule has 4 heteroatoms. The number of methoxy groups -OCH3 is 1. The summed E-state index contributed by atoms with van der Waals surface area (Å²) in [6.07, 6.45) is 2.07. The summed E-state index contributed by atoms with van der Waals surface area (Å²) >= 11 is 0. The lowest BCUT2D eigenvalue weighted by molar-refractivity contribution is 0.415. The number of ether oxygens (including phenoxy) is 1. The summed E-state index contributed by atoms with van der Waals surface area (Å²) in [6.45, 7) is 3.03. The molecule has 1 aromatic carbocycles. The van der Waals surface area contributed by atoms with Gasteiger partial charge < -0.3 is 15.0 Å². The summed E-state index contributed by atoms with van der Waals surface area (Å²) in [5, 5.41) is 0. The van der Waals surface area contributed by atoms with Gasteiger partial charge in [0.15, 0.2) is 0 Å². The molecule has 0 bridgehead atoms. The van der Waals surface area contributed by atoms with Gasteiger partial charge in [0.05, 0.1) is 23.7 Å². The molecule has 1 saturated carbocycles. The Morgan fingerprint density at radius 1 is 1.47 bits per heavy atom. The molecule has 0 aliphatic heterocycles. The molecule has 0 unspecified atom stereocenters. The van der Waals surface area contributed by atoms with Crippen molar-refractivity contribution >= 4 is 11.0 Å². The summed E-state index contributed by atoms with van der Waals surface area (Å²) < 4.78 is 7.44. The Bertz CT molecular complexity index is 569. The summed E-state index contributed by atoms with van der Waals surface area (Å²) in [6, 6.07) is 5.99. The van der Waals surface area contributed by atoms with E-state index in [4.69, 9.17) is 10.5 Å². The van der Waals surface area contributed by atoms with Gasteiger partial charge in [0.1, 0.15) is 11.6 Å². The smallest absolute Gasteiger partial charge is 0.130 e. The van der Waals surface area contributed by atoms with Gasteiger partial charge in [0.25, 0.3) is 0 Å². The lowest BCUT2D eigenvalue weighted by Crippen LogP contribution is -2.24. The molecule has 0 atom stereocenters. The Balaban J connectivity index is 2.22. The Morgan fingerprint density at radius 3 is 2.82 bits per heavy atom. The van der Waals surface area contributed by atoms with E-state index >= 15 is 0 Å². The minimum Gasteiger partial charge on any atom is -0.497 e. The Hall–Kier alpha value is -1.55. The monoisotopic (exact) mass is 231 g/mol. The number of rotatable bonds is 3. The van der Waals surface area contributed by atoms with Gasteiger partial charge in [-0.25, -0.2) is 4.98 Å². The van der Waals surface area contributed by atoms with Crippen molar-refractivity contribution in [3.8, 4) is 5.75 Å². The van der Waals surface area contributed by atoms with Crippen LogP contribution in [0.3, 0.4) is 0 Å². The van der Waals surface area contributed by atoms with Gasteiger partial charge in [-0.2, -0.15) is 0 Å². The number of nitrogens with zero attached hydrogens (tertiary/aromatic N) is 2. The fourth-order valence-corrected chi connectivity index (χ4v) is 2.30. The van der Waals surface area contributed by atoms with Crippen LogP contribution in [0.25, 0.3) is 11.0 Å². The van der Waals surface area contributed by atoms with Gasteiger partial charge >= 0.3 is 0 Å². The number of hydrogen-bond donors (Lipinski definition) is 1. The fraction of sp³-hybridized carbons (Fsp3) is 0.462. The van der Waals surface area contributed by atoms with Crippen LogP contribution >= 0.6 is 0 Å². The number of hydrogen-bond acceptors (Lipinski definition) is 3. The fourth-order valence-electron chi connectivity index (χ4n) is 2.30. The van der Waals surface area contributed by atoms with E-state index in [2.05, 4.69) is 22.5 Å². The van der Waals surface area contributed by atoms with Crippen molar-refractivity contribution in [3.05, 3.63) is 24.0 Å². The molecule has 1 heterocycles. The molecule has 1 aromatic heterocycles. The van der Waals surface area contributed by atoms with Crippen molar-refractivity contribution in [1.82, 2.24) is 9.55 Å². The lowest BCUT2D eigenvalue weighted by atomic mass is 10.2. The normalized spacial score (nSPS) is 17.4. The zero-order chi connectivity index (χ0) is 12.0. The van der Waals surface area contributed by atoms with Crippen molar-refractivity contribution < 1.29 is 4.74 Å². The standard InChI is InChI=1S/C13H17N3O/c1-3-16-11-5-4-9(17-2)8-10(11)15-12(16)13(14)6-7-13/h4-5,8H,3,6-7,14H2,1-2H3. The zero-order valence-corrected chi connectivity index (χ0v) is 10.2. The molecule has 2 N–H and O–H groups in total. The minimum absolute atomic E-state index is 0.192. The Morgan fingerprint density at radius 2 is 2.24 bits per heavy atom. The second-order valence-electron chi connectivity index (χ2n) is 4.69. The first-order chi connectivity index (χ1) is 8.18. The highest BCUT2D eigenvalue weighted by molar-refractivity contribution is 5.78. The molecule has 1 fully saturated rings. The number of imidazole rings is 1. The van der Waals surface area contributed by atoms with E-state index in [0.717, 1.165) is 42.0 Å². The van der Waals surface area contributed by atoms with Crippen LogP contribution in [-0.4, -0.2) is 16.7 Å². The molecule has 0 spiro atoms. The molecule has 90 valence electrons. The predicted octanol–water partition coefficient (Wildman–Crippen LogP) is 2.01. The van der Waals surface area contributed by atoms with Crippen LogP contribution in [-0.2, 0) is 12.1 Å². The summed E-state index contributed by atoms with van der Waals surface area (Å²) in [4.78, 5) is 4.68. The molecule has 1 aliphatic carbocycles. The number of fused-ring (bicyclic) bond motifs is 1. The molecular weight excluding hydrogens is 214 g/mol. The highest BCUT2D eigenvalue weighted by Gasteiger charge is 2.44. The van der Waals surface area contributed by atoms with Gasteiger partial charge in [-0.15, -0.1) is 0 Å². The highest BCUT2D eigenvalue weighted by atomic mass is 16.5. The van der Waals surface area contributed by atoms with Crippen LogP contribution in [0.5, 0.6) is 5.75 Å². The maximum absolute atomic E-state index is 6.26. The van der Waals surface area contributed by atoms with E-state index in [0.29, 0.717) is 0 Å². The van der Waals surface area contributed by atoms with Crippen LogP contribution in [0.2, 0.25) is 0 Å². The van der Waals surface area contributed by atoms with Crippen molar-refractivity contribution in [3.63, 3.8) is 0 Å². The second kappa shape index (κ2) is 3.47. The van der Waals surface area contributed by atoms with Crippen molar-refractivity contribution in [2.45, 2.75) is 31.8 Å². The number of aromatic nitrogens is 2. The lowest BCUT2D eigenvalue weighted by Gasteiger charge is -2.10. The van der Waals surface area contributed by atoms with Gasteiger partial charge in [0, 0.05) is 12.6 Å². The molecule has 17 heavy (non-hydrogen) atoms. The molecule has 3 rings (SSSR count). The van der Waals surface area contributed by atoms with E-state index in [1.807, 2.05) is 12.1 Å². The van der Waals surface area contributed by atoms with E-state index in [9.17, 15) is 0 Å². The van der Waals surface area contributed by atoms with E-state index in [1.165, 1.54) is 0 Å². The van der Waals surface area contributed by atoms with Gasteiger partial charge in [-0.3, -0.25) is 0 Å². The summed E-state index contributed by atoms with van der Waals surface area (Å²) in [5.41, 5.74) is 8.18. The average Bonchev–Trinajstić information content (AvgIpc) is 2.98. The van der Waals surface area contributed by atoms with Crippen LogP contribution in [0.1, 0.15) is 25.6 Å². The van der Waals surface area contributed by atoms with Crippen molar-refractivity contribution in [2.75, 3.05) is 7.11 Å². The number of aryl methyl sites for hydroxylation is 1. The number of nitrogens with two attached hydrogens (primary N) is 1. The highest BCUT2D eigenvalue weighted by Crippen LogP contribution is 2.43. The third-order valence-corrected chi connectivity index (χ3v) is 3.51. The summed E-state index contributed by atoms with van der Waals surface area (Å²) in [7, 11) is 1.67. The molecule has 1 aliphatic rings. The third-order valence-electron chi connectivity index (χ3n) is 3.51. The maximum Gasteiger partial charge on any atom is 0.130 e. The average molecular weight is 231 g/mol. The van der Waals surface area contributed by atoms with E-state index < -0.39 is 0 Å². The molecule has 0 amide bonds. The first-order valence-electron chi connectivity index (χ1n) is 6.01. The van der Waals surface area contributed by atoms with E-state index in [-0.39, 0.29) is 5.54 Å². The van der Waals surface area contributed by atoms with Gasteiger partial charge in [0.2, 0.25) is 0 Å². The third kappa shape index (κ3) is 1.52. The molecule has 4 nitrogen and oxygen atoms in total. The van der Waals surface area contributed by atoms with Gasteiger partial charge in [-0.1, -0.05) is 0 Å². The predicted molar refractivity (Wildman–Crippen MR) is 67.1 cm³/mol. The van der Waals surface area contributed by atoms with Crippen molar-refractivity contribution in [1.29, 1.82) is 0 Å². The Labute approximate surface area is 100 Å². The first-order valence-corrected chi connectivity index (χ1v) is 6.01. The molecule has 0 radical (unpaired) electrons. The van der Waals surface area contributed by atoms with Crippen LogP contribution in [0.15, 0.2) is 18.2 Å². The maximum atomic E-state index is 6.26. The largest absolute Gasteiger partial charge is 0.497 e. The number of benzene rings is 1. The molecular formula is C13H17N3O. The summed E-state index contributed by atoms with van der Waals surface area (Å²) in [5.74, 6) is 1.86. The van der Waals surface area contributed by atoms with E-state index in [1.54, 1.807) is 7.11 Å². The van der Waals surface area contributed by atoms with Crippen LogP contribution in [0, 0.1) is 0 Å². The minimum atomic E-state index is -0.192. The molecule has 2 aromatic rings. The Kier molecular flexibility index (Phi) is 2.16. The van der Waals surface area contributed by atoms with Crippen LogP contribution in [0.4, 0.5) is 0 Å². The second-order valence-corrected chi connectivity index (χ2v) is 4.69. The quantitative estimate of drug-likeness (QED) is 0.879.